The molecule has 2 rings (SSSR count). The van der Waals surface area contributed by atoms with E-state index in [0.717, 1.165) is 51.9 Å². The van der Waals surface area contributed by atoms with Crippen molar-refractivity contribution in [1.82, 2.24) is 9.80 Å². The van der Waals surface area contributed by atoms with Gasteiger partial charge in [0, 0.05) is 32.2 Å². The summed E-state index contributed by atoms with van der Waals surface area (Å²) in [6, 6.07) is 0.0109. The molecule has 2 atom stereocenters. The van der Waals surface area contributed by atoms with Gasteiger partial charge in [0.25, 0.3) is 0 Å². The Labute approximate surface area is 115 Å². The van der Waals surface area contributed by atoms with Crippen LogP contribution in [0.5, 0.6) is 0 Å². The third kappa shape index (κ3) is 3.09. The number of carbonyl (C=O) groups is 1. The molecular formula is C14H27N3O2. The summed E-state index contributed by atoms with van der Waals surface area (Å²) in [5.41, 5.74) is 5.79. The molecule has 1 aliphatic carbocycles. The molecule has 2 fully saturated rings. The molecule has 110 valence electrons. The maximum Gasteiger partial charge on any atom is 0.230 e. The van der Waals surface area contributed by atoms with E-state index in [-0.39, 0.29) is 24.0 Å². The van der Waals surface area contributed by atoms with Crippen molar-refractivity contribution in [2.45, 2.75) is 38.6 Å². The molecule has 0 aromatic heterocycles. The van der Waals surface area contributed by atoms with Crippen molar-refractivity contribution >= 4 is 5.91 Å². The number of amides is 1. The Morgan fingerprint density at radius 3 is 2.74 bits per heavy atom. The standard InChI is InChI=1S/C14H27N3O2/c1-14(5-2-4-12(14)15)13(19)17-7-3-6-16(8-9-17)10-11-18/h12,18H,2-11,15H2,1H3. The molecule has 0 spiro atoms. The second-order valence-electron chi connectivity index (χ2n) is 6.13. The maximum atomic E-state index is 12.7. The molecule has 1 saturated heterocycles. The van der Waals surface area contributed by atoms with Crippen molar-refractivity contribution in [3.8, 4) is 0 Å². The van der Waals surface area contributed by atoms with Gasteiger partial charge in [-0.15, -0.1) is 0 Å². The Kier molecular flexibility index (Phi) is 4.81. The second-order valence-corrected chi connectivity index (χ2v) is 6.13. The summed E-state index contributed by atoms with van der Waals surface area (Å²) < 4.78 is 0. The van der Waals surface area contributed by atoms with Crippen molar-refractivity contribution in [3.63, 3.8) is 0 Å². The lowest BCUT2D eigenvalue weighted by Gasteiger charge is -2.34. The van der Waals surface area contributed by atoms with Gasteiger partial charge in [-0.3, -0.25) is 9.69 Å². The van der Waals surface area contributed by atoms with E-state index >= 15 is 0 Å². The summed E-state index contributed by atoms with van der Waals surface area (Å²) in [5.74, 6) is 0.239. The van der Waals surface area contributed by atoms with Crippen LogP contribution in [0.15, 0.2) is 0 Å². The summed E-state index contributed by atoms with van der Waals surface area (Å²) >= 11 is 0. The zero-order chi connectivity index (χ0) is 13.9. The molecule has 2 unspecified atom stereocenters. The highest BCUT2D eigenvalue weighted by atomic mass is 16.3. The highest BCUT2D eigenvalue weighted by Gasteiger charge is 2.45. The molecule has 0 bridgehead atoms. The lowest BCUT2D eigenvalue weighted by molar-refractivity contribution is -0.141. The average Bonchev–Trinajstić information content (AvgIpc) is 2.62. The van der Waals surface area contributed by atoms with E-state index in [4.69, 9.17) is 10.8 Å². The maximum absolute atomic E-state index is 12.7. The number of aliphatic hydroxyl groups excluding tert-OH is 1. The van der Waals surface area contributed by atoms with Crippen molar-refractivity contribution in [2.75, 3.05) is 39.3 Å². The molecule has 1 saturated carbocycles. The molecule has 1 aliphatic heterocycles. The van der Waals surface area contributed by atoms with E-state index in [1.807, 2.05) is 11.8 Å². The Balaban J connectivity index is 1.96. The Morgan fingerprint density at radius 2 is 2.11 bits per heavy atom. The van der Waals surface area contributed by atoms with E-state index in [9.17, 15) is 4.79 Å². The predicted molar refractivity (Wildman–Crippen MR) is 74.7 cm³/mol. The van der Waals surface area contributed by atoms with Crippen LogP contribution in [0.3, 0.4) is 0 Å². The number of carbonyl (C=O) groups excluding carboxylic acids is 1. The number of nitrogens with zero attached hydrogens (tertiary/aromatic N) is 2. The molecule has 0 aromatic rings. The van der Waals surface area contributed by atoms with Gasteiger partial charge in [-0.1, -0.05) is 6.42 Å². The van der Waals surface area contributed by atoms with Crippen molar-refractivity contribution < 1.29 is 9.90 Å². The quantitative estimate of drug-likeness (QED) is 0.758. The second kappa shape index (κ2) is 6.20. The molecule has 5 nitrogen and oxygen atoms in total. The first kappa shape index (κ1) is 14.8. The van der Waals surface area contributed by atoms with E-state index in [2.05, 4.69) is 4.90 Å². The zero-order valence-corrected chi connectivity index (χ0v) is 12.0. The highest BCUT2D eigenvalue weighted by Crippen LogP contribution is 2.38. The Bertz CT molecular complexity index is 324. The minimum Gasteiger partial charge on any atom is -0.395 e. The summed E-state index contributed by atoms with van der Waals surface area (Å²) in [4.78, 5) is 16.9. The van der Waals surface area contributed by atoms with Crippen LogP contribution in [0.2, 0.25) is 0 Å². The molecule has 0 radical (unpaired) electrons. The summed E-state index contributed by atoms with van der Waals surface area (Å²) in [7, 11) is 0. The first-order valence-electron chi connectivity index (χ1n) is 7.46. The van der Waals surface area contributed by atoms with Crippen LogP contribution in [0.25, 0.3) is 0 Å². The largest absolute Gasteiger partial charge is 0.395 e. The molecular weight excluding hydrogens is 242 g/mol. The topological polar surface area (TPSA) is 69.8 Å². The number of nitrogens with two attached hydrogens (primary N) is 1. The lowest BCUT2D eigenvalue weighted by atomic mass is 9.83. The number of aliphatic hydroxyl groups is 1. The van der Waals surface area contributed by atoms with Gasteiger partial charge >= 0.3 is 0 Å². The van der Waals surface area contributed by atoms with Crippen molar-refractivity contribution in [3.05, 3.63) is 0 Å². The van der Waals surface area contributed by atoms with Crippen LogP contribution in [-0.4, -0.2) is 66.2 Å². The number of β-amino-alcohol motifs (C(OH)–C–C–N with tert-alkyl or cyclic N) is 1. The zero-order valence-electron chi connectivity index (χ0n) is 12.0. The molecule has 5 heteroatoms. The fourth-order valence-electron chi connectivity index (χ4n) is 3.36. The number of hydrogen-bond donors (Lipinski definition) is 2. The first-order chi connectivity index (χ1) is 9.08. The van der Waals surface area contributed by atoms with E-state index in [1.54, 1.807) is 0 Å². The van der Waals surface area contributed by atoms with Crippen molar-refractivity contribution in [2.24, 2.45) is 11.1 Å². The Hall–Kier alpha value is -0.650. The molecule has 0 aromatic carbocycles. The SMILES string of the molecule is CC1(C(=O)N2CCCN(CCO)CC2)CCCC1N. The van der Waals surface area contributed by atoms with Gasteiger partial charge in [0.05, 0.1) is 12.0 Å². The van der Waals surface area contributed by atoms with Crippen LogP contribution in [0.4, 0.5) is 0 Å². The summed E-state index contributed by atoms with van der Waals surface area (Å²) in [6.07, 6.45) is 3.93. The number of hydrogen-bond acceptors (Lipinski definition) is 4. The van der Waals surface area contributed by atoms with Gasteiger partial charge in [-0.2, -0.15) is 0 Å². The minimum atomic E-state index is -0.355. The smallest absolute Gasteiger partial charge is 0.230 e. The third-order valence-electron chi connectivity index (χ3n) is 4.81. The van der Waals surface area contributed by atoms with Gasteiger partial charge in [-0.25, -0.2) is 0 Å². The predicted octanol–water partition coefficient (Wildman–Crippen LogP) is 0.0305. The molecule has 2 aliphatic rings. The van der Waals surface area contributed by atoms with E-state index in [1.165, 1.54) is 0 Å². The van der Waals surface area contributed by atoms with E-state index < -0.39 is 0 Å². The van der Waals surface area contributed by atoms with Gasteiger partial charge in [0.2, 0.25) is 5.91 Å². The first-order valence-corrected chi connectivity index (χ1v) is 7.46. The van der Waals surface area contributed by atoms with Crippen LogP contribution >= 0.6 is 0 Å². The molecule has 1 amide bonds. The fraction of sp³-hybridized carbons (Fsp3) is 0.929. The van der Waals surface area contributed by atoms with Gasteiger partial charge in [0.1, 0.15) is 0 Å². The third-order valence-corrected chi connectivity index (χ3v) is 4.81. The van der Waals surface area contributed by atoms with Gasteiger partial charge in [-0.05, 0) is 32.7 Å². The summed E-state index contributed by atoms with van der Waals surface area (Å²) in [5, 5.41) is 9.00. The molecule has 3 N–H and O–H groups in total. The van der Waals surface area contributed by atoms with Crippen LogP contribution in [0, 0.1) is 5.41 Å². The van der Waals surface area contributed by atoms with Crippen LogP contribution in [0.1, 0.15) is 32.6 Å². The van der Waals surface area contributed by atoms with Crippen LogP contribution < -0.4 is 5.73 Å². The average molecular weight is 269 g/mol. The highest BCUT2D eigenvalue weighted by molar-refractivity contribution is 5.83. The monoisotopic (exact) mass is 269 g/mol. The van der Waals surface area contributed by atoms with Gasteiger partial charge < -0.3 is 15.7 Å². The minimum absolute atomic E-state index is 0.0109. The fourth-order valence-corrected chi connectivity index (χ4v) is 3.36. The van der Waals surface area contributed by atoms with Gasteiger partial charge in [0.15, 0.2) is 0 Å². The molecule has 1 heterocycles. The number of rotatable bonds is 3. The molecule has 19 heavy (non-hydrogen) atoms. The van der Waals surface area contributed by atoms with Crippen molar-refractivity contribution in [1.29, 1.82) is 0 Å². The Morgan fingerprint density at radius 1 is 1.32 bits per heavy atom. The van der Waals surface area contributed by atoms with E-state index in [0.29, 0.717) is 6.54 Å². The summed E-state index contributed by atoms with van der Waals surface area (Å²) in [6.45, 7) is 6.34. The normalized spacial score (nSPS) is 33.4. The van der Waals surface area contributed by atoms with Crippen LogP contribution in [-0.2, 0) is 4.79 Å². The lowest BCUT2D eigenvalue weighted by Crippen LogP contribution is -2.50.